The fourth-order valence-electron chi connectivity index (χ4n) is 1.37. The first-order valence-electron chi connectivity index (χ1n) is 4.73. The van der Waals surface area contributed by atoms with Crippen molar-refractivity contribution in [2.75, 3.05) is 12.4 Å². The van der Waals surface area contributed by atoms with E-state index in [4.69, 9.17) is 0 Å². The Morgan fingerprint density at radius 2 is 2.50 bits per heavy atom. The maximum absolute atomic E-state index is 4.12. The second-order valence-electron chi connectivity index (χ2n) is 3.14. The highest BCUT2D eigenvalue weighted by Gasteiger charge is 2.12. The molecule has 1 aliphatic rings. The van der Waals surface area contributed by atoms with Crippen LogP contribution in [0.1, 0.15) is 19.3 Å². The molecule has 0 fully saturated rings. The van der Waals surface area contributed by atoms with Gasteiger partial charge in [0.2, 0.25) is 5.13 Å². The molecule has 1 N–H and O–H groups in total. The fraction of sp³-hybridized carbons (Fsp3) is 0.556. The molecule has 0 aromatic carbocycles. The first-order valence-corrected chi connectivity index (χ1v) is 6.42. The van der Waals surface area contributed by atoms with Gasteiger partial charge in [-0.3, -0.25) is 0 Å². The van der Waals surface area contributed by atoms with Crippen molar-refractivity contribution in [1.29, 1.82) is 0 Å². The summed E-state index contributed by atoms with van der Waals surface area (Å²) in [6.07, 6.45) is 8.34. The molecule has 0 bridgehead atoms. The molecule has 1 aromatic rings. The maximum Gasteiger partial charge on any atom is 0.206 e. The first-order chi connectivity index (χ1) is 6.88. The molecule has 1 heterocycles. The summed E-state index contributed by atoms with van der Waals surface area (Å²) in [5.74, 6) is 0. The molecule has 0 aliphatic heterocycles. The van der Waals surface area contributed by atoms with Crippen molar-refractivity contribution in [3.8, 4) is 0 Å². The van der Waals surface area contributed by atoms with Crippen LogP contribution in [0.5, 0.6) is 0 Å². The summed E-state index contributed by atoms with van der Waals surface area (Å²) in [6.45, 7) is 0. The van der Waals surface area contributed by atoms with Crippen molar-refractivity contribution in [2.45, 2.75) is 28.9 Å². The third-order valence-electron chi connectivity index (χ3n) is 2.08. The van der Waals surface area contributed by atoms with Crippen molar-refractivity contribution < 1.29 is 0 Å². The van der Waals surface area contributed by atoms with Crippen LogP contribution in [0.3, 0.4) is 0 Å². The lowest BCUT2D eigenvalue weighted by atomic mass is 10.1. The van der Waals surface area contributed by atoms with Gasteiger partial charge in [-0.25, -0.2) is 0 Å². The zero-order valence-corrected chi connectivity index (χ0v) is 9.70. The number of nitrogens with one attached hydrogen (secondary N) is 1. The number of anilines is 1. The predicted molar refractivity (Wildman–Crippen MR) is 62.1 cm³/mol. The normalized spacial score (nSPS) is 21.1. The average Bonchev–Trinajstić information content (AvgIpc) is 2.67. The van der Waals surface area contributed by atoms with Gasteiger partial charge in [-0.2, -0.15) is 0 Å². The quantitative estimate of drug-likeness (QED) is 0.806. The van der Waals surface area contributed by atoms with Crippen LogP contribution in [-0.4, -0.2) is 22.5 Å². The largest absolute Gasteiger partial charge is 0.363 e. The van der Waals surface area contributed by atoms with Gasteiger partial charge in [0.1, 0.15) is 0 Å². The standard InChI is InChI=1S/C9H13N3S2/c1-10-8-11-12-9(14-8)13-7-5-3-2-4-6-7/h3,5,7H,2,4,6H2,1H3,(H,10,11). The third kappa shape index (κ3) is 2.48. The molecule has 3 nitrogen and oxygen atoms in total. The van der Waals surface area contributed by atoms with Crippen LogP contribution in [-0.2, 0) is 0 Å². The van der Waals surface area contributed by atoms with E-state index in [0.717, 1.165) is 9.47 Å². The molecule has 1 aliphatic carbocycles. The molecule has 0 saturated carbocycles. The van der Waals surface area contributed by atoms with Crippen molar-refractivity contribution in [1.82, 2.24) is 10.2 Å². The summed E-state index contributed by atoms with van der Waals surface area (Å²) < 4.78 is 1.06. The van der Waals surface area contributed by atoms with Gasteiger partial charge in [-0.05, 0) is 19.3 Å². The number of allylic oxidation sites excluding steroid dienone is 1. The third-order valence-corrected chi connectivity index (χ3v) is 4.34. The van der Waals surface area contributed by atoms with E-state index in [1.165, 1.54) is 19.3 Å². The SMILES string of the molecule is CNc1nnc(SC2C=CCCC2)s1. The Hall–Kier alpha value is -0.550. The lowest BCUT2D eigenvalue weighted by Gasteiger charge is -2.13. The Balaban J connectivity index is 1.95. The topological polar surface area (TPSA) is 37.8 Å². The van der Waals surface area contributed by atoms with Gasteiger partial charge in [0, 0.05) is 12.3 Å². The van der Waals surface area contributed by atoms with E-state index in [1.54, 1.807) is 11.3 Å². The van der Waals surface area contributed by atoms with E-state index in [1.807, 2.05) is 18.8 Å². The van der Waals surface area contributed by atoms with Gasteiger partial charge < -0.3 is 5.32 Å². The number of hydrogen-bond donors (Lipinski definition) is 1. The monoisotopic (exact) mass is 227 g/mol. The van der Waals surface area contributed by atoms with E-state index < -0.39 is 0 Å². The van der Waals surface area contributed by atoms with Crippen molar-refractivity contribution in [3.05, 3.63) is 12.2 Å². The van der Waals surface area contributed by atoms with Crippen LogP contribution in [0.15, 0.2) is 16.5 Å². The zero-order valence-electron chi connectivity index (χ0n) is 8.06. The Kier molecular flexibility index (Phi) is 3.42. The molecule has 2 rings (SSSR count). The van der Waals surface area contributed by atoms with Gasteiger partial charge in [0.25, 0.3) is 0 Å². The van der Waals surface area contributed by atoms with E-state index in [-0.39, 0.29) is 0 Å². The van der Waals surface area contributed by atoms with Crippen molar-refractivity contribution in [3.63, 3.8) is 0 Å². The van der Waals surface area contributed by atoms with Crippen LogP contribution in [0.2, 0.25) is 0 Å². The molecule has 0 amide bonds. The molecule has 5 heteroatoms. The Bertz CT molecular complexity index is 322. The lowest BCUT2D eigenvalue weighted by molar-refractivity contribution is 0.740. The summed E-state index contributed by atoms with van der Waals surface area (Å²) in [5, 5.41) is 12.6. The molecule has 1 unspecified atom stereocenters. The maximum atomic E-state index is 4.12. The molecule has 14 heavy (non-hydrogen) atoms. The van der Waals surface area contributed by atoms with E-state index in [0.29, 0.717) is 5.25 Å². The number of thioether (sulfide) groups is 1. The molecular formula is C9H13N3S2. The average molecular weight is 227 g/mol. The summed E-state index contributed by atoms with van der Waals surface area (Å²) >= 11 is 3.44. The van der Waals surface area contributed by atoms with Crippen LogP contribution in [0, 0.1) is 0 Å². The van der Waals surface area contributed by atoms with Gasteiger partial charge in [-0.15, -0.1) is 10.2 Å². The lowest BCUT2D eigenvalue weighted by Crippen LogP contribution is -2.01. The van der Waals surface area contributed by atoms with Crippen LogP contribution < -0.4 is 5.32 Å². The van der Waals surface area contributed by atoms with Gasteiger partial charge in [0.15, 0.2) is 4.34 Å². The molecule has 0 spiro atoms. The molecule has 1 aromatic heterocycles. The summed E-state index contributed by atoms with van der Waals surface area (Å²) in [6, 6.07) is 0. The highest BCUT2D eigenvalue weighted by atomic mass is 32.2. The summed E-state index contributed by atoms with van der Waals surface area (Å²) in [4.78, 5) is 0. The highest BCUT2D eigenvalue weighted by molar-refractivity contribution is 8.01. The Morgan fingerprint density at radius 1 is 1.57 bits per heavy atom. The number of rotatable bonds is 3. The zero-order chi connectivity index (χ0) is 9.80. The molecule has 0 radical (unpaired) electrons. The minimum Gasteiger partial charge on any atom is -0.363 e. The Labute approximate surface area is 92.0 Å². The minimum absolute atomic E-state index is 0.599. The minimum atomic E-state index is 0.599. The Morgan fingerprint density at radius 3 is 3.14 bits per heavy atom. The second-order valence-corrected chi connectivity index (χ2v) is 5.60. The molecular weight excluding hydrogens is 214 g/mol. The fourth-order valence-corrected chi connectivity index (χ4v) is 3.42. The van der Waals surface area contributed by atoms with E-state index >= 15 is 0 Å². The van der Waals surface area contributed by atoms with Crippen LogP contribution >= 0.6 is 23.1 Å². The molecule has 0 saturated heterocycles. The molecule has 76 valence electrons. The second kappa shape index (κ2) is 4.79. The number of hydrogen-bond acceptors (Lipinski definition) is 5. The van der Waals surface area contributed by atoms with Crippen molar-refractivity contribution in [2.24, 2.45) is 0 Å². The smallest absolute Gasteiger partial charge is 0.206 e. The van der Waals surface area contributed by atoms with E-state index in [2.05, 4.69) is 27.7 Å². The number of nitrogens with zero attached hydrogens (tertiary/aromatic N) is 2. The van der Waals surface area contributed by atoms with Crippen LogP contribution in [0.25, 0.3) is 0 Å². The van der Waals surface area contributed by atoms with E-state index in [9.17, 15) is 0 Å². The summed E-state index contributed by atoms with van der Waals surface area (Å²) in [7, 11) is 1.87. The molecule has 1 atom stereocenters. The number of aromatic nitrogens is 2. The van der Waals surface area contributed by atoms with Crippen LogP contribution in [0.4, 0.5) is 5.13 Å². The predicted octanol–water partition coefficient (Wildman–Crippen LogP) is 2.78. The highest BCUT2D eigenvalue weighted by Crippen LogP contribution is 2.33. The van der Waals surface area contributed by atoms with Gasteiger partial charge in [-0.1, -0.05) is 35.3 Å². The van der Waals surface area contributed by atoms with Gasteiger partial charge in [0.05, 0.1) is 0 Å². The van der Waals surface area contributed by atoms with Gasteiger partial charge >= 0.3 is 0 Å². The first kappa shape index (κ1) is 9.98. The van der Waals surface area contributed by atoms with Crippen molar-refractivity contribution >= 4 is 28.2 Å². The summed E-state index contributed by atoms with van der Waals surface area (Å²) in [5.41, 5.74) is 0.